The van der Waals surface area contributed by atoms with Gasteiger partial charge in [0.2, 0.25) is 0 Å². The molecule has 4 nitrogen and oxygen atoms in total. The number of halogens is 1. The minimum absolute atomic E-state index is 0. The van der Waals surface area contributed by atoms with Gasteiger partial charge in [-0.3, -0.25) is 0 Å². The van der Waals surface area contributed by atoms with Gasteiger partial charge in [0, 0.05) is 4.48 Å². The van der Waals surface area contributed by atoms with Crippen LogP contribution in [0.2, 0.25) is 0 Å². The molecule has 0 amide bonds. The summed E-state index contributed by atoms with van der Waals surface area (Å²) in [6.45, 7) is 15.6. The predicted octanol–water partition coefficient (Wildman–Crippen LogP) is 9.22. The molecule has 2 aliphatic rings. The first-order chi connectivity index (χ1) is 18.9. The summed E-state index contributed by atoms with van der Waals surface area (Å²) in [6.07, 6.45) is 6.52. The van der Waals surface area contributed by atoms with E-state index in [1.807, 2.05) is 0 Å². The van der Waals surface area contributed by atoms with Gasteiger partial charge in [0.15, 0.2) is 0 Å². The van der Waals surface area contributed by atoms with E-state index in [1.165, 1.54) is 39.0 Å². The first-order valence-corrected chi connectivity index (χ1v) is 15.5. The van der Waals surface area contributed by atoms with Gasteiger partial charge in [0.25, 0.3) is 0 Å². The molecule has 0 aromatic carbocycles. The summed E-state index contributed by atoms with van der Waals surface area (Å²) in [5.74, 6) is 0. The number of hydrogen-bond donors (Lipinski definition) is 0. The van der Waals surface area contributed by atoms with Crippen LogP contribution in [-0.2, 0) is 42.2 Å². The molecule has 5 rings (SSSR count). The van der Waals surface area contributed by atoms with Crippen molar-refractivity contribution < 1.29 is 16.5 Å². The molecule has 5 heterocycles. The van der Waals surface area contributed by atoms with Crippen LogP contribution in [0.4, 0.5) is 0 Å². The minimum Gasteiger partial charge on any atom is -0.657 e. The molecule has 40 heavy (non-hydrogen) atoms. The number of aryl methyl sites for hydroxylation is 4. The smallest absolute Gasteiger partial charge is 0.657 e. The van der Waals surface area contributed by atoms with Gasteiger partial charge in [0.1, 0.15) is 0 Å². The Morgan fingerprint density at radius 1 is 0.475 bits per heavy atom. The summed E-state index contributed by atoms with van der Waals surface area (Å²) in [6, 6.07) is 8.81. The summed E-state index contributed by atoms with van der Waals surface area (Å²) in [7, 11) is 0. The number of hydrogen-bond acceptors (Lipinski definition) is 2. The Morgan fingerprint density at radius 3 is 1.10 bits per heavy atom. The van der Waals surface area contributed by atoms with E-state index in [0.717, 1.165) is 94.3 Å². The van der Waals surface area contributed by atoms with Crippen LogP contribution < -0.4 is 9.97 Å². The first kappa shape index (κ1) is 30.5. The standard InChI is InChI=1S/C34H39BrN4.Ni/c1-8-19-20(9-2)27-16-29-23(12-5)24(13-6)31(38-29)18-33-34(35)25(14-7)32(39-33)17-30-22(11-4)21(10-3)28(37-30)15-26(19)36-27;/h15-18H,8-14H2,1-7H3;/q-2;+2. The molecule has 0 unspecified atom stereocenters. The Labute approximate surface area is 257 Å². The van der Waals surface area contributed by atoms with Gasteiger partial charge in [-0.1, -0.05) is 88.9 Å². The van der Waals surface area contributed by atoms with E-state index in [9.17, 15) is 0 Å². The van der Waals surface area contributed by atoms with Gasteiger partial charge in [-0.25, -0.2) is 9.97 Å². The van der Waals surface area contributed by atoms with Crippen LogP contribution in [0.5, 0.6) is 0 Å². The number of rotatable bonds is 7. The van der Waals surface area contributed by atoms with E-state index in [2.05, 4.69) is 88.7 Å². The van der Waals surface area contributed by atoms with Crippen LogP contribution in [-0.4, -0.2) is 9.97 Å². The Kier molecular flexibility index (Phi) is 9.63. The quantitative estimate of drug-likeness (QED) is 0.241. The molecule has 212 valence electrons. The molecule has 0 atom stereocenters. The van der Waals surface area contributed by atoms with E-state index in [-0.39, 0.29) is 16.5 Å². The fraction of sp³-hybridized carbons (Fsp3) is 0.412. The molecular formula is C34H39BrN4Ni. The average molecular weight is 642 g/mol. The number of aromatic nitrogens is 4. The van der Waals surface area contributed by atoms with Gasteiger partial charge in [-0.2, -0.15) is 0 Å². The van der Waals surface area contributed by atoms with Crippen molar-refractivity contribution >= 4 is 59.2 Å². The molecule has 0 fully saturated rings. The van der Waals surface area contributed by atoms with Gasteiger partial charge >= 0.3 is 16.5 Å². The van der Waals surface area contributed by atoms with E-state index >= 15 is 0 Å². The predicted molar refractivity (Wildman–Crippen MR) is 170 cm³/mol. The summed E-state index contributed by atoms with van der Waals surface area (Å²) in [5, 5.41) is 0. The van der Waals surface area contributed by atoms with Crippen LogP contribution in [0, 0.1) is 0 Å². The summed E-state index contributed by atoms with van der Waals surface area (Å²) >= 11 is 3.90. The number of nitrogens with zero attached hydrogens (tertiary/aromatic N) is 4. The average Bonchev–Trinajstić information content (AvgIpc) is 3.64. The second kappa shape index (κ2) is 12.6. The van der Waals surface area contributed by atoms with Gasteiger partial charge < -0.3 is 9.97 Å². The topological polar surface area (TPSA) is 54.0 Å². The van der Waals surface area contributed by atoms with Crippen molar-refractivity contribution in [3.05, 3.63) is 69.3 Å². The Hall–Kier alpha value is -2.43. The van der Waals surface area contributed by atoms with Crippen molar-refractivity contribution in [3.63, 3.8) is 0 Å². The summed E-state index contributed by atoms with van der Waals surface area (Å²) < 4.78 is 1.06. The van der Waals surface area contributed by atoms with Gasteiger partial charge in [0.05, 0.1) is 22.8 Å². The maximum Gasteiger partial charge on any atom is 2.00 e. The van der Waals surface area contributed by atoms with E-state index in [4.69, 9.17) is 19.9 Å². The van der Waals surface area contributed by atoms with Crippen molar-refractivity contribution in [2.75, 3.05) is 0 Å². The van der Waals surface area contributed by atoms with Crippen molar-refractivity contribution in [2.24, 2.45) is 0 Å². The van der Waals surface area contributed by atoms with Crippen molar-refractivity contribution in [1.82, 2.24) is 19.9 Å². The normalized spacial score (nSPS) is 13.3. The van der Waals surface area contributed by atoms with E-state index in [1.54, 1.807) is 0 Å². The second-order valence-electron chi connectivity index (χ2n) is 10.2. The molecular weight excluding hydrogens is 603 g/mol. The van der Waals surface area contributed by atoms with Crippen molar-refractivity contribution in [1.29, 1.82) is 0 Å². The first-order valence-electron chi connectivity index (χ1n) is 14.7. The van der Waals surface area contributed by atoms with E-state index < -0.39 is 0 Å². The fourth-order valence-corrected chi connectivity index (χ4v) is 7.07. The monoisotopic (exact) mass is 640 g/mol. The molecule has 0 N–H and O–H groups in total. The molecule has 2 aliphatic heterocycles. The van der Waals surface area contributed by atoms with Crippen molar-refractivity contribution in [3.8, 4) is 0 Å². The summed E-state index contributed by atoms with van der Waals surface area (Å²) in [4.78, 5) is 20.8. The van der Waals surface area contributed by atoms with Gasteiger partial charge in [-0.15, -0.1) is 22.1 Å². The van der Waals surface area contributed by atoms with Crippen molar-refractivity contribution in [2.45, 2.75) is 93.4 Å². The maximum absolute atomic E-state index is 5.23. The zero-order chi connectivity index (χ0) is 27.8. The molecule has 0 aliphatic carbocycles. The third-order valence-corrected chi connectivity index (χ3v) is 9.16. The zero-order valence-corrected chi connectivity index (χ0v) is 27.3. The molecule has 8 bridgehead atoms. The zero-order valence-electron chi connectivity index (χ0n) is 24.7. The molecule has 0 saturated carbocycles. The molecule has 3 aromatic rings. The molecule has 0 saturated heterocycles. The third kappa shape index (κ3) is 5.07. The molecule has 3 aromatic heterocycles. The number of fused-ring (bicyclic) bond motifs is 8. The molecule has 0 radical (unpaired) electrons. The second-order valence-corrected chi connectivity index (χ2v) is 11.0. The maximum atomic E-state index is 5.23. The van der Waals surface area contributed by atoms with E-state index in [0.29, 0.717) is 0 Å². The third-order valence-electron chi connectivity index (χ3n) is 8.28. The van der Waals surface area contributed by atoms with Crippen LogP contribution in [0.3, 0.4) is 0 Å². The molecule has 6 heteroatoms. The number of allylic oxidation sites excluding steroid dienone is 3. The Bertz CT molecular complexity index is 1670. The Morgan fingerprint density at radius 2 is 0.775 bits per heavy atom. The summed E-state index contributed by atoms with van der Waals surface area (Å²) in [5.41, 5.74) is 17.3. The Balaban J connectivity index is 0.00000370. The SMILES string of the molecule is CCC1=C(Br)c2cc3[n-]c(cc4nc(cc5[n-]c(cc1n2)c(CC)c5CC)C(CC)=C4CC)c(CC)c3CC.[Ni+2]. The fourth-order valence-electron chi connectivity index (χ4n) is 6.39. The largest absolute Gasteiger partial charge is 2.00 e. The molecule has 0 spiro atoms. The van der Waals surface area contributed by atoms with Crippen LogP contribution in [0.15, 0.2) is 24.3 Å². The van der Waals surface area contributed by atoms with Gasteiger partial charge in [-0.05, 0) is 83.7 Å². The van der Waals surface area contributed by atoms with Crippen LogP contribution in [0.25, 0.3) is 43.3 Å². The van der Waals surface area contributed by atoms with Crippen LogP contribution in [0.1, 0.15) is 113 Å². The van der Waals surface area contributed by atoms with Crippen LogP contribution >= 0.6 is 15.9 Å². The minimum atomic E-state index is 0.